The van der Waals surface area contributed by atoms with Crippen LogP contribution in [-0.2, 0) is 4.74 Å². The van der Waals surface area contributed by atoms with Crippen LogP contribution in [0.5, 0.6) is 0 Å². The van der Waals surface area contributed by atoms with Crippen molar-refractivity contribution in [3.05, 3.63) is 34.7 Å². The van der Waals surface area contributed by atoms with Gasteiger partial charge in [0.05, 0.1) is 12.1 Å². The van der Waals surface area contributed by atoms with Gasteiger partial charge in [-0.3, -0.25) is 4.79 Å². The molecule has 1 aromatic heterocycles. The van der Waals surface area contributed by atoms with Crippen molar-refractivity contribution in [3.63, 3.8) is 0 Å². The molecule has 110 valence electrons. The number of hydrogen-bond donors (Lipinski definition) is 2. The van der Waals surface area contributed by atoms with Gasteiger partial charge in [-0.05, 0) is 49.8 Å². The fraction of sp³-hybridized carbons (Fsp3) is 0.357. The highest BCUT2D eigenvalue weighted by molar-refractivity contribution is 7.71. The van der Waals surface area contributed by atoms with E-state index in [1.165, 1.54) is 0 Å². The number of aromatic amines is 1. The van der Waals surface area contributed by atoms with E-state index >= 15 is 0 Å². The molecule has 1 fully saturated rings. The second kappa shape index (κ2) is 5.79. The van der Waals surface area contributed by atoms with E-state index in [-0.39, 0.29) is 22.9 Å². The highest BCUT2D eigenvalue weighted by atomic mass is 32.1. The minimum atomic E-state index is -0.105. The van der Waals surface area contributed by atoms with E-state index in [1.54, 1.807) is 24.3 Å². The van der Waals surface area contributed by atoms with Gasteiger partial charge in [0.25, 0.3) is 10.7 Å². The van der Waals surface area contributed by atoms with Crippen LogP contribution < -0.4 is 5.32 Å². The lowest BCUT2D eigenvalue weighted by Gasteiger charge is -2.15. The van der Waals surface area contributed by atoms with Crippen molar-refractivity contribution < 1.29 is 13.9 Å². The molecule has 0 aliphatic carbocycles. The summed E-state index contributed by atoms with van der Waals surface area (Å²) in [5.74, 6) is 0.302. The Labute approximate surface area is 126 Å². The lowest BCUT2D eigenvalue weighted by molar-refractivity contribution is 0.0866. The Morgan fingerprint density at radius 2 is 2.19 bits per heavy atom. The zero-order valence-electron chi connectivity index (χ0n) is 11.5. The molecule has 0 bridgehead atoms. The molecule has 0 unspecified atom stereocenters. The van der Waals surface area contributed by atoms with E-state index in [4.69, 9.17) is 21.4 Å². The predicted octanol–water partition coefficient (Wildman–Crippen LogP) is 2.31. The van der Waals surface area contributed by atoms with Gasteiger partial charge in [-0.15, -0.1) is 5.10 Å². The molecule has 7 heteroatoms. The maximum atomic E-state index is 12.2. The Morgan fingerprint density at radius 3 is 2.76 bits per heavy atom. The molecule has 0 saturated carbocycles. The van der Waals surface area contributed by atoms with Crippen LogP contribution in [-0.4, -0.2) is 34.9 Å². The second-order valence-corrected chi connectivity index (χ2v) is 5.31. The van der Waals surface area contributed by atoms with Crippen LogP contribution in [0.25, 0.3) is 11.5 Å². The van der Waals surface area contributed by atoms with E-state index < -0.39 is 0 Å². The summed E-state index contributed by atoms with van der Waals surface area (Å²) in [7, 11) is 0. The third-order valence-corrected chi connectivity index (χ3v) is 3.70. The molecule has 1 amide bonds. The average Bonchev–Trinajstić information content (AvgIpc) is 3.08. The van der Waals surface area contributed by atoms with Crippen LogP contribution in [0.15, 0.2) is 28.7 Å². The van der Waals surface area contributed by atoms with Crippen LogP contribution in [0, 0.1) is 4.84 Å². The maximum Gasteiger partial charge on any atom is 0.284 e. The van der Waals surface area contributed by atoms with Gasteiger partial charge in [0, 0.05) is 17.7 Å². The van der Waals surface area contributed by atoms with Gasteiger partial charge in [0.15, 0.2) is 0 Å². The number of ether oxygens (including phenoxy) is 1. The number of carbonyl (C=O) groups is 1. The van der Waals surface area contributed by atoms with Crippen LogP contribution in [0.4, 0.5) is 0 Å². The Balaban J connectivity index is 1.71. The molecule has 21 heavy (non-hydrogen) atoms. The molecule has 2 aromatic rings. The number of nitrogens with one attached hydrogen (secondary N) is 2. The summed E-state index contributed by atoms with van der Waals surface area (Å²) in [5.41, 5.74) is 1.35. The van der Waals surface area contributed by atoms with E-state index in [2.05, 4.69) is 15.5 Å². The minimum absolute atomic E-state index is 0.0570. The van der Waals surface area contributed by atoms with Crippen LogP contribution >= 0.6 is 12.2 Å². The van der Waals surface area contributed by atoms with Gasteiger partial charge in [0.2, 0.25) is 5.89 Å². The first kappa shape index (κ1) is 14.0. The van der Waals surface area contributed by atoms with Crippen LogP contribution in [0.2, 0.25) is 0 Å². The van der Waals surface area contributed by atoms with Gasteiger partial charge in [-0.1, -0.05) is 0 Å². The lowest BCUT2D eigenvalue weighted by atomic mass is 10.1. The third-order valence-electron chi connectivity index (χ3n) is 3.52. The molecule has 1 aromatic carbocycles. The molecule has 2 N–H and O–H groups in total. The second-order valence-electron chi connectivity index (χ2n) is 4.94. The lowest BCUT2D eigenvalue weighted by Crippen LogP contribution is -2.39. The third kappa shape index (κ3) is 3.03. The summed E-state index contributed by atoms with van der Waals surface area (Å²) < 4.78 is 10.7. The van der Waals surface area contributed by atoms with E-state index in [1.807, 2.05) is 6.92 Å². The summed E-state index contributed by atoms with van der Waals surface area (Å²) in [4.78, 5) is 12.4. The SMILES string of the molecule is C[C@H]1OCC[C@H]1NC(=O)c1ccc(-c2n[nH]c(=S)o2)cc1. The summed E-state index contributed by atoms with van der Waals surface area (Å²) in [6.45, 7) is 2.65. The van der Waals surface area contributed by atoms with Crippen molar-refractivity contribution in [1.82, 2.24) is 15.5 Å². The van der Waals surface area contributed by atoms with Crippen molar-refractivity contribution >= 4 is 18.1 Å². The number of H-pyrrole nitrogens is 1. The number of nitrogens with zero attached hydrogens (tertiary/aromatic N) is 1. The monoisotopic (exact) mass is 305 g/mol. The number of hydrogen-bond acceptors (Lipinski definition) is 5. The predicted molar refractivity (Wildman–Crippen MR) is 78.4 cm³/mol. The Morgan fingerprint density at radius 1 is 1.43 bits per heavy atom. The first-order valence-electron chi connectivity index (χ1n) is 6.72. The van der Waals surface area contributed by atoms with Crippen molar-refractivity contribution in [1.29, 1.82) is 0 Å². The van der Waals surface area contributed by atoms with Gasteiger partial charge in [-0.25, -0.2) is 5.10 Å². The Bertz CT molecular complexity index is 692. The fourth-order valence-electron chi connectivity index (χ4n) is 2.29. The maximum absolute atomic E-state index is 12.2. The number of benzene rings is 1. The van der Waals surface area contributed by atoms with E-state index in [0.29, 0.717) is 18.1 Å². The molecule has 2 atom stereocenters. The molecule has 2 heterocycles. The molecule has 0 spiro atoms. The first-order valence-corrected chi connectivity index (χ1v) is 7.13. The number of rotatable bonds is 3. The smallest absolute Gasteiger partial charge is 0.284 e. The molecular formula is C14H15N3O3S. The number of aromatic nitrogens is 2. The normalized spacial score (nSPS) is 21.4. The van der Waals surface area contributed by atoms with Crippen molar-refractivity contribution in [3.8, 4) is 11.5 Å². The molecule has 1 saturated heterocycles. The van der Waals surface area contributed by atoms with Gasteiger partial charge in [-0.2, -0.15) is 0 Å². The quantitative estimate of drug-likeness (QED) is 0.851. The first-order chi connectivity index (χ1) is 10.1. The van der Waals surface area contributed by atoms with Crippen molar-refractivity contribution in [2.24, 2.45) is 0 Å². The highest BCUT2D eigenvalue weighted by Crippen LogP contribution is 2.18. The summed E-state index contributed by atoms with van der Waals surface area (Å²) >= 11 is 4.83. The molecule has 6 nitrogen and oxygen atoms in total. The summed E-state index contributed by atoms with van der Waals surface area (Å²) in [6.07, 6.45) is 0.903. The van der Waals surface area contributed by atoms with Crippen molar-refractivity contribution in [2.45, 2.75) is 25.5 Å². The van der Waals surface area contributed by atoms with Gasteiger partial charge >= 0.3 is 0 Å². The number of amides is 1. The van der Waals surface area contributed by atoms with E-state index in [9.17, 15) is 4.79 Å². The zero-order valence-corrected chi connectivity index (χ0v) is 12.3. The Kier molecular flexibility index (Phi) is 3.85. The Hall–Kier alpha value is -1.99. The molecular weight excluding hydrogens is 290 g/mol. The van der Waals surface area contributed by atoms with Gasteiger partial charge in [0.1, 0.15) is 0 Å². The largest absolute Gasteiger partial charge is 0.409 e. The molecule has 0 radical (unpaired) electrons. The van der Waals surface area contributed by atoms with Crippen molar-refractivity contribution in [2.75, 3.05) is 6.61 Å². The summed E-state index contributed by atoms with van der Waals surface area (Å²) in [5, 5.41) is 9.49. The van der Waals surface area contributed by atoms with Gasteiger partial charge < -0.3 is 14.5 Å². The van der Waals surface area contributed by atoms with E-state index in [0.717, 1.165) is 12.0 Å². The average molecular weight is 305 g/mol. The molecule has 3 rings (SSSR count). The van der Waals surface area contributed by atoms with Crippen LogP contribution in [0.1, 0.15) is 23.7 Å². The fourth-order valence-corrected chi connectivity index (χ4v) is 2.42. The minimum Gasteiger partial charge on any atom is -0.409 e. The zero-order chi connectivity index (χ0) is 14.8. The molecule has 1 aliphatic rings. The standard InChI is InChI=1S/C14H15N3O3S/c1-8-11(6-7-19-8)15-12(18)9-2-4-10(5-3-9)13-16-17-14(21)20-13/h2-5,8,11H,6-7H2,1H3,(H,15,18)(H,17,21)/t8-,11-/m1/s1. The number of carbonyl (C=O) groups excluding carboxylic acids is 1. The van der Waals surface area contributed by atoms with Crippen LogP contribution in [0.3, 0.4) is 0 Å². The summed E-state index contributed by atoms with van der Waals surface area (Å²) in [6, 6.07) is 7.09. The molecule has 1 aliphatic heterocycles. The topological polar surface area (TPSA) is 80.1 Å². The highest BCUT2D eigenvalue weighted by Gasteiger charge is 2.25.